The quantitative estimate of drug-likeness (QED) is 0.882. The number of carbonyl (C=O) groups excluding carboxylic acids is 1. The number of carboxylic acids is 1. The van der Waals surface area contributed by atoms with Crippen molar-refractivity contribution in [2.24, 2.45) is 0 Å². The molecule has 2 N–H and O–H groups in total. The van der Waals surface area contributed by atoms with Gasteiger partial charge in [-0.25, -0.2) is 4.79 Å². The van der Waals surface area contributed by atoms with Crippen LogP contribution in [0.3, 0.4) is 0 Å². The molecule has 1 aromatic rings. The molecule has 0 saturated carbocycles. The average molecular weight is 272 g/mol. The molecular weight excluding hydrogens is 258 g/mol. The number of rotatable bonds is 4. The zero-order valence-electron chi connectivity index (χ0n) is 10.1. The molecule has 0 heterocycles. The van der Waals surface area contributed by atoms with Gasteiger partial charge in [-0.05, 0) is 37.1 Å². The topological polar surface area (TPSA) is 75.6 Å². The minimum atomic E-state index is -0.978. The molecule has 6 heteroatoms. The summed E-state index contributed by atoms with van der Waals surface area (Å²) in [5.74, 6) is -0.601. The molecule has 0 aliphatic rings. The van der Waals surface area contributed by atoms with Crippen molar-refractivity contribution in [2.75, 3.05) is 6.54 Å². The lowest BCUT2D eigenvalue weighted by Gasteiger charge is -2.09. The van der Waals surface area contributed by atoms with Crippen LogP contribution in [0.2, 0.25) is 5.02 Å². The smallest absolute Gasteiger partial charge is 0.412 e. The summed E-state index contributed by atoms with van der Waals surface area (Å²) < 4.78 is 5.01. The Hall–Kier alpha value is -1.75. The van der Waals surface area contributed by atoms with Crippen LogP contribution in [0.5, 0.6) is 5.75 Å². The average Bonchev–Trinajstić information content (AvgIpc) is 2.25. The van der Waals surface area contributed by atoms with E-state index in [1.54, 1.807) is 12.1 Å². The number of aliphatic carboxylic acids is 1. The van der Waals surface area contributed by atoms with E-state index in [1.807, 2.05) is 13.8 Å². The minimum Gasteiger partial charge on any atom is -0.481 e. The Balaban J connectivity index is 2.57. The van der Waals surface area contributed by atoms with E-state index >= 15 is 0 Å². The second kappa shape index (κ2) is 6.26. The summed E-state index contributed by atoms with van der Waals surface area (Å²) in [6, 6.07) is 3.29. The Labute approximate surface area is 110 Å². The Morgan fingerprint density at radius 2 is 1.89 bits per heavy atom. The zero-order valence-corrected chi connectivity index (χ0v) is 10.9. The molecule has 1 aromatic carbocycles. The largest absolute Gasteiger partial charge is 0.481 e. The van der Waals surface area contributed by atoms with E-state index < -0.39 is 12.1 Å². The van der Waals surface area contributed by atoms with Gasteiger partial charge in [0.15, 0.2) is 0 Å². The van der Waals surface area contributed by atoms with Gasteiger partial charge in [-0.15, -0.1) is 0 Å². The highest BCUT2D eigenvalue weighted by Gasteiger charge is 2.08. The number of amides is 1. The van der Waals surface area contributed by atoms with E-state index in [-0.39, 0.29) is 13.0 Å². The molecule has 0 saturated heterocycles. The summed E-state index contributed by atoms with van der Waals surface area (Å²) in [4.78, 5) is 21.6. The normalized spacial score (nSPS) is 9.94. The van der Waals surface area contributed by atoms with Crippen molar-refractivity contribution in [3.63, 3.8) is 0 Å². The molecule has 18 heavy (non-hydrogen) atoms. The SMILES string of the molecule is Cc1cc(OC(=O)NCCC(=O)O)cc(C)c1Cl. The molecule has 1 amide bonds. The van der Waals surface area contributed by atoms with E-state index in [1.165, 1.54) is 0 Å². The summed E-state index contributed by atoms with van der Waals surface area (Å²) in [5.41, 5.74) is 1.62. The number of carboxylic acid groups (broad SMARTS) is 1. The molecule has 0 radical (unpaired) electrons. The monoisotopic (exact) mass is 271 g/mol. The van der Waals surface area contributed by atoms with Crippen LogP contribution in [0.4, 0.5) is 4.79 Å². The second-order valence-corrected chi connectivity index (χ2v) is 4.21. The third-order valence-corrected chi connectivity index (χ3v) is 2.82. The first-order chi connectivity index (χ1) is 8.40. The predicted molar refractivity (Wildman–Crippen MR) is 67.2 cm³/mol. The molecule has 5 nitrogen and oxygen atoms in total. The van der Waals surface area contributed by atoms with Crippen molar-refractivity contribution in [2.45, 2.75) is 20.3 Å². The van der Waals surface area contributed by atoms with E-state index in [2.05, 4.69) is 5.32 Å². The van der Waals surface area contributed by atoms with Crippen molar-refractivity contribution in [1.82, 2.24) is 5.32 Å². The number of aryl methyl sites for hydroxylation is 2. The summed E-state index contributed by atoms with van der Waals surface area (Å²) in [7, 11) is 0. The third-order valence-electron chi connectivity index (χ3n) is 2.23. The maximum Gasteiger partial charge on any atom is 0.412 e. The van der Waals surface area contributed by atoms with Gasteiger partial charge in [-0.2, -0.15) is 0 Å². The fourth-order valence-corrected chi connectivity index (χ4v) is 1.49. The molecule has 1 rings (SSSR count). The van der Waals surface area contributed by atoms with Crippen molar-refractivity contribution >= 4 is 23.7 Å². The lowest BCUT2D eigenvalue weighted by Crippen LogP contribution is -2.28. The molecule has 0 aliphatic carbocycles. The van der Waals surface area contributed by atoms with Gasteiger partial charge in [0.25, 0.3) is 0 Å². The molecule has 0 aliphatic heterocycles. The van der Waals surface area contributed by atoms with Gasteiger partial charge in [0.05, 0.1) is 6.42 Å². The molecule has 0 unspecified atom stereocenters. The number of halogens is 1. The lowest BCUT2D eigenvalue weighted by molar-refractivity contribution is -0.136. The van der Waals surface area contributed by atoms with Crippen molar-refractivity contribution in [3.8, 4) is 5.75 Å². The number of hydrogen-bond donors (Lipinski definition) is 2. The minimum absolute atomic E-state index is 0.0275. The number of nitrogens with one attached hydrogen (secondary N) is 1. The van der Waals surface area contributed by atoms with Crippen molar-refractivity contribution < 1.29 is 19.4 Å². The van der Waals surface area contributed by atoms with Crippen LogP contribution in [0, 0.1) is 13.8 Å². The van der Waals surface area contributed by atoms with Gasteiger partial charge < -0.3 is 15.2 Å². The van der Waals surface area contributed by atoms with Crippen molar-refractivity contribution in [1.29, 1.82) is 0 Å². The number of benzene rings is 1. The van der Waals surface area contributed by atoms with Gasteiger partial charge in [-0.3, -0.25) is 4.79 Å². The van der Waals surface area contributed by atoms with Gasteiger partial charge in [0.1, 0.15) is 5.75 Å². The fraction of sp³-hybridized carbons (Fsp3) is 0.333. The summed E-state index contributed by atoms with van der Waals surface area (Å²) in [6.45, 7) is 3.65. The maximum atomic E-state index is 11.3. The van der Waals surface area contributed by atoms with Crippen molar-refractivity contribution in [3.05, 3.63) is 28.3 Å². The number of carbonyl (C=O) groups is 2. The van der Waals surface area contributed by atoms with Gasteiger partial charge >= 0.3 is 12.1 Å². The van der Waals surface area contributed by atoms with Gasteiger partial charge in [0.2, 0.25) is 0 Å². The highest BCUT2D eigenvalue weighted by atomic mass is 35.5. The first kappa shape index (κ1) is 14.3. The highest BCUT2D eigenvalue weighted by Crippen LogP contribution is 2.25. The lowest BCUT2D eigenvalue weighted by atomic mass is 10.1. The first-order valence-electron chi connectivity index (χ1n) is 5.34. The summed E-state index contributed by atoms with van der Waals surface area (Å²) >= 11 is 5.98. The number of ether oxygens (including phenoxy) is 1. The molecule has 0 atom stereocenters. The van der Waals surface area contributed by atoms with E-state index in [0.29, 0.717) is 10.8 Å². The molecule has 0 fully saturated rings. The fourth-order valence-electron chi connectivity index (χ4n) is 1.38. The Morgan fingerprint density at radius 3 is 2.39 bits per heavy atom. The van der Waals surface area contributed by atoms with Crippen LogP contribution >= 0.6 is 11.6 Å². The van der Waals surface area contributed by atoms with Crippen LogP contribution in [0.25, 0.3) is 0 Å². The van der Waals surface area contributed by atoms with Gasteiger partial charge in [0, 0.05) is 11.6 Å². The Morgan fingerprint density at radius 1 is 1.33 bits per heavy atom. The summed E-state index contributed by atoms with van der Waals surface area (Å²) in [6.07, 6.45) is -0.828. The predicted octanol–water partition coefficient (Wildman–Crippen LogP) is 2.52. The highest BCUT2D eigenvalue weighted by molar-refractivity contribution is 6.32. The van der Waals surface area contributed by atoms with E-state index in [0.717, 1.165) is 11.1 Å². The van der Waals surface area contributed by atoms with Crippen LogP contribution in [-0.2, 0) is 4.79 Å². The Kier molecular flexibility index (Phi) is 4.97. The molecule has 0 aromatic heterocycles. The second-order valence-electron chi connectivity index (χ2n) is 3.83. The molecule has 98 valence electrons. The molecule has 0 spiro atoms. The van der Waals surface area contributed by atoms with Crippen LogP contribution in [0.15, 0.2) is 12.1 Å². The van der Waals surface area contributed by atoms with Gasteiger partial charge in [-0.1, -0.05) is 11.6 Å². The number of hydrogen-bond acceptors (Lipinski definition) is 3. The summed E-state index contributed by atoms with van der Waals surface area (Å²) in [5, 5.41) is 11.4. The maximum absolute atomic E-state index is 11.3. The third kappa shape index (κ3) is 4.25. The van der Waals surface area contributed by atoms with Crippen LogP contribution in [0.1, 0.15) is 17.5 Å². The standard InChI is InChI=1S/C12H14ClNO4/c1-7-5-9(6-8(2)11(7)13)18-12(17)14-4-3-10(15)16/h5-6H,3-4H2,1-2H3,(H,14,17)(H,15,16). The zero-order chi connectivity index (χ0) is 13.7. The first-order valence-corrected chi connectivity index (χ1v) is 5.72. The van der Waals surface area contributed by atoms with E-state index in [4.69, 9.17) is 21.4 Å². The Bertz CT molecular complexity index is 450. The van der Waals surface area contributed by atoms with Crippen LogP contribution in [-0.4, -0.2) is 23.7 Å². The molecule has 0 bridgehead atoms. The van der Waals surface area contributed by atoms with E-state index in [9.17, 15) is 9.59 Å². The van der Waals surface area contributed by atoms with Crippen LogP contribution < -0.4 is 10.1 Å². The molecular formula is C12H14ClNO4.